The molecule has 0 saturated carbocycles. The summed E-state index contributed by atoms with van der Waals surface area (Å²) < 4.78 is 2.12. The van der Waals surface area contributed by atoms with Crippen LogP contribution in [0.2, 0.25) is 5.02 Å². The zero-order chi connectivity index (χ0) is 31.7. The molecule has 0 amide bonds. The zero-order valence-corrected chi connectivity index (χ0v) is 25.8. The normalized spacial score (nSPS) is 12.6. The smallest absolute Gasteiger partial charge is 0.123 e. The number of phenolic OH excluding ortho intramolecular Hbond substituents is 2. The van der Waals surface area contributed by atoms with E-state index in [2.05, 4.69) is 83.7 Å². The summed E-state index contributed by atoms with van der Waals surface area (Å²) in [6.07, 6.45) is 11.6. The highest BCUT2D eigenvalue weighted by atomic mass is 35.5. The molecule has 0 bridgehead atoms. The highest BCUT2D eigenvalue weighted by molar-refractivity contribution is 6.31. The van der Waals surface area contributed by atoms with Gasteiger partial charge in [0.2, 0.25) is 0 Å². The molecule has 1 atom stereocenters. The third-order valence-electron chi connectivity index (χ3n) is 7.97. The Bertz CT molecular complexity index is 1790. The fraction of sp³-hybridized carbons (Fsp3) is 0.0750. The molecule has 0 aliphatic carbocycles. The molecule has 5 heteroatoms. The number of imidazole rings is 1. The van der Waals surface area contributed by atoms with Crippen molar-refractivity contribution in [1.29, 1.82) is 0 Å². The molecule has 4 nitrogen and oxygen atoms in total. The molecular weight excluding hydrogens is 576 g/mol. The highest BCUT2D eigenvalue weighted by Crippen LogP contribution is 2.43. The number of hydrogen-bond donors (Lipinski definition) is 2. The van der Waals surface area contributed by atoms with Crippen LogP contribution in [0.5, 0.6) is 11.5 Å². The summed E-state index contributed by atoms with van der Waals surface area (Å²) >= 11 is 6.69. The molecule has 0 radical (unpaired) electrons. The largest absolute Gasteiger partial charge is 0.508 e. The van der Waals surface area contributed by atoms with Crippen LogP contribution in [0.4, 0.5) is 0 Å². The third-order valence-corrected chi connectivity index (χ3v) is 8.30. The number of aromatic hydroxyl groups is 2. The molecule has 1 unspecified atom stereocenters. The van der Waals surface area contributed by atoms with Crippen LogP contribution in [0, 0.1) is 0 Å². The number of halogens is 1. The zero-order valence-electron chi connectivity index (χ0n) is 25.0. The van der Waals surface area contributed by atoms with Crippen LogP contribution in [-0.2, 0) is 11.0 Å². The maximum atomic E-state index is 9.36. The van der Waals surface area contributed by atoms with Gasteiger partial charge in [0, 0.05) is 28.4 Å². The van der Waals surface area contributed by atoms with E-state index in [0.29, 0.717) is 0 Å². The minimum Gasteiger partial charge on any atom is -0.508 e. The van der Waals surface area contributed by atoms with Gasteiger partial charge in [-0.1, -0.05) is 133 Å². The molecule has 45 heavy (non-hydrogen) atoms. The summed E-state index contributed by atoms with van der Waals surface area (Å²) in [5.41, 5.74) is 4.45. The highest BCUT2D eigenvalue weighted by Gasteiger charge is 2.39. The molecule has 0 spiro atoms. The predicted octanol–water partition coefficient (Wildman–Crippen LogP) is 9.63. The molecule has 6 aromatic rings. The number of hydrogen-bond acceptors (Lipinski definition) is 3. The maximum absolute atomic E-state index is 9.36. The molecule has 0 aliphatic heterocycles. The molecule has 5 aromatic carbocycles. The maximum Gasteiger partial charge on any atom is 0.123 e. The molecule has 6 rings (SSSR count). The lowest BCUT2D eigenvalue weighted by Gasteiger charge is -2.37. The lowest BCUT2D eigenvalue weighted by atomic mass is 9.76. The Morgan fingerprint density at radius 1 is 0.689 bits per heavy atom. The Hall–Kier alpha value is -5.32. The average Bonchev–Trinajstić information content (AvgIpc) is 3.63. The molecule has 0 aliphatic rings. The Labute approximate surface area is 269 Å². The van der Waals surface area contributed by atoms with Crippen LogP contribution >= 0.6 is 11.6 Å². The summed E-state index contributed by atoms with van der Waals surface area (Å²) in [4.78, 5) is 4.31. The van der Waals surface area contributed by atoms with Crippen molar-refractivity contribution in [1.82, 2.24) is 9.55 Å². The van der Waals surface area contributed by atoms with Gasteiger partial charge in [-0.25, -0.2) is 4.98 Å². The third kappa shape index (κ3) is 6.77. The summed E-state index contributed by atoms with van der Waals surface area (Å²) in [6.45, 7) is 5.96. The number of benzene rings is 5. The second-order valence-electron chi connectivity index (χ2n) is 10.9. The number of phenols is 2. The quantitative estimate of drug-likeness (QED) is 0.133. The number of aromatic nitrogens is 2. The van der Waals surface area contributed by atoms with Crippen molar-refractivity contribution >= 4 is 17.7 Å². The standard InChI is InChI=1S/C22H17ClN2.C18H18O2/c23-21-14-8-7-13-20(21)22(25-16-15-24-17-25,18-9-3-1-4-10-18)19-11-5-2-6-12-19;1-3-18(2,15-6-10-17(20)11-7-15)13-12-14-4-8-16(19)9-5-14/h1-17H;3-13,19-20H,1H2,2H3/b;13-12-. The predicted molar refractivity (Wildman–Crippen MR) is 185 cm³/mol. The van der Waals surface area contributed by atoms with Crippen molar-refractivity contribution in [3.63, 3.8) is 0 Å². The van der Waals surface area contributed by atoms with Gasteiger partial charge < -0.3 is 14.8 Å². The Morgan fingerprint density at radius 3 is 1.73 bits per heavy atom. The van der Waals surface area contributed by atoms with Crippen molar-refractivity contribution in [2.24, 2.45) is 0 Å². The number of nitrogens with zero attached hydrogens (tertiary/aromatic N) is 2. The van der Waals surface area contributed by atoms with Gasteiger partial charge in [0.25, 0.3) is 0 Å². The van der Waals surface area contributed by atoms with E-state index >= 15 is 0 Å². The molecule has 0 saturated heterocycles. The molecule has 1 heterocycles. The Balaban J connectivity index is 0.000000183. The topological polar surface area (TPSA) is 58.3 Å². The SMILES string of the molecule is C=CC(C)(/C=C\c1ccc(O)cc1)c1ccc(O)cc1.Clc1ccccc1C(c1ccccc1)(c1ccccc1)n1ccnc1. The summed E-state index contributed by atoms with van der Waals surface area (Å²) in [5.74, 6) is 0.509. The van der Waals surface area contributed by atoms with E-state index < -0.39 is 5.54 Å². The second-order valence-corrected chi connectivity index (χ2v) is 11.3. The fourth-order valence-corrected chi connectivity index (χ4v) is 5.72. The van der Waals surface area contributed by atoms with E-state index in [1.807, 2.05) is 79.3 Å². The van der Waals surface area contributed by atoms with Gasteiger partial charge in [-0.05, 0) is 59.5 Å². The van der Waals surface area contributed by atoms with Crippen molar-refractivity contribution in [3.05, 3.63) is 204 Å². The van der Waals surface area contributed by atoms with Crippen molar-refractivity contribution in [2.45, 2.75) is 17.9 Å². The van der Waals surface area contributed by atoms with Crippen LogP contribution in [0.25, 0.3) is 6.08 Å². The van der Waals surface area contributed by atoms with Gasteiger partial charge in [-0.2, -0.15) is 0 Å². The van der Waals surface area contributed by atoms with Crippen molar-refractivity contribution < 1.29 is 10.2 Å². The van der Waals surface area contributed by atoms with Crippen molar-refractivity contribution in [2.75, 3.05) is 0 Å². The first-order chi connectivity index (χ1) is 21.9. The van der Waals surface area contributed by atoms with E-state index in [1.54, 1.807) is 30.5 Å². The number of allylic oxidation sites excluding steroid dienone is 2. The second kappa shape index (κ2) is 14.0. The molecule has 224 valence electrons. The minimum atomic E-state index is -0.586. The Morgan fingerprint density at radius 2 is 1.22 bits per heavy atom. The van der Waals surface area contributed by atoms with Crippen LogP contribution in [0.3, 0.4) is 0 Å². The average molecular weight is 611 g/mol. The lowest BCUT2D eigenvalue weighted by molar-refractivity contribution is 0.474. The first-order valence-electron chi connectivity index (χ1n) is 14.6. The monoisotopic (exact) mass is 610 g/mol. The first kappa shape index (κ1) is 31.1. The van der Waals surface area contributed by atoms with Crippen LogP contribution < -0.4 is 0 Å². The summed E-state index contributed by atoms with van der Waals surface area (Å²) in [5, 5.41) is 19.4. The molecule has 0 fully saturated rings. The van der Waals surface area contributed by atoms with Gasteiger partial charge in [0.05, 0.1) is 6.33 Å². The van der Waals surface area contributed by atoms with Crippen molar-refractivity contribution in [3.8, 4) is 11.5 Å². The van der Waals surface area contributed by atoms with E-state index in [1.165, 1.54) is 0 Å². The number of rotatable bonds is 8. The van der Waals surface area contributed by atoms with Gasteiger partial charge in [0.15, 0.2) is 0 Å². The van der Waals surface area contributed by atoms with Gasteiger partial charge >= 0.3 is 0 Å². The Kier molecular flexibility index (Phi) is 9.67. The van der Waals surface area contributed by atoms with Gasteiger partial charge in [-0.3, -0.25) is 0 Å². The van der Waals surface area contributed by atoms with Crippen LogP contribution in [0.1, 0.15) is 34.7 Å². The fourth-order valence-electron chi connectivity index (χ4n) is 5.44. The van der Waals surface area contributed by atoms with E-state index in [9.17, 15) is 10.2 Å². The summed E-state index contributed by atoms with van der Waals surface area (Å²) in [7, 11) is 0. The minimum absolute atomic E-state index is 0.252. The van der Waals surface area contributed by atoms with Gasteiger partial charge in [0.1, 0.15) is 17.0 Å². The van der Waals surface area contributed by atoms with E-state index in [-0.39, 0.29) is 16.9 Å². The van der Waals surface area contributed by atoms with Gasteiger partial charge in [-0.15, -0.1) is 6.58 Å². The molecule has 1 aromatic heterocycles. The molecule has 2 N–H and O–H groups in total. The summed E-state index contributed by atoms with van der Waals surface area (Å²) in [6, 6.07) is 43.0. The first-order valence-corrected chi connectivity index (χ1v) is 15.0. The van der Waals surface area contributed by atoms with Crippen LogP contribution in [-0.4, -0.2) is 19.8 Å². The lowest BCUT2D eigenvalue weighted by Crippen LogP contribution is -2.37. The van der Waals surface area contributed by atoms with Crippen LogP contribution in [0.15, 0.2) is 171 Å². The van der Waals surface area contributed by atoms with E-state index in [4.69, 9.17) is 11.6 Å². The van der Waals surface area contributed by atoms with E-state index in [0.717, 1.165) is 32.8 Å². The molecular formula is C40H35ClN2O2.